The van der Waals surface area contributed by atoms with Gasteiger partial charge in [0.15, 0.2) is 0 Å². The Bertz CT molecular complexity index is 477. The van der Waals surface area contributed by atoms with Crippen molar-refractivity contribution >= 4 is 0 Å². The highest BCUT2D eigenvalue weighted by atomic mass is 16.3. The summed E-state index contributed by atoms with van der Waals surface area (Å²) in [6, 6.07) is 2.16. The van der Waals surface area contributed by atoms with E-state index in [2.05, 4.69) is 30.2 Å². The molecule has 1 unspecified atom stereocenters. The summed E-state index contributed by atoms with van der Waals surface area (Å²) in [6.07, 6.45) is 8.55. The Balaban J connectivity index is 2.05. The first-order valence-electron chi connectivity index (χ1n) is 6.68. The van der Waals surface area contributed by atoms with Gasteiger partial charge in [-0.2, -0.15) is 5.10 Å². The number of aromatic nitrogens is 2. The fourth-order valence-electron chi connectivity index (χ4n) is 2.25. The Morgan fingerprint density at radius 3 is 3.00 bits per heavy atom. The highest BCUT2D eigenvalue weighted by Gasteiger charge is 2.17. The van der Waals surface area contributed by atoms with Crippen LogP contribution in [0.3, 0.4) is 0 Å². The summed E-state index contributed by atoms with van der Waals surface area (Å²) in [7, 11) is 2.07. The summed E-state index contributed by atoms with van der Waals surface area (Å²) < 4.78 is 7.07. The van der Waals surface area contributed by atoms with Crippen LogP contribution >= 0.6 is 0 Å². The Kier molecular flexibility index (Phi) is 4.76. The van der Waals surface area contributed by atoms with Gasteiger partial charge in [-0.05, 0) is 19.5 Å². The van der Waals surface area contributed by atoms with Crippen LogP contribution in [0.15, 0.2) is 35.4 Å². The second-order valence-corrected chi connectivity index (χ2v) is 4.83. The van der Waals surface area contributed by atoms with Gasteiger partial charge in [0.25, 0.3) is 0 Å². The first-order valence-corrected chi connectivity index (χ1v) is 6.68. The number of hydrogen-bond acceptors (Lipinski definition) is 4. The van der Waals surface area contributed by atoms with Crippen molar-refractivity contribution in [3.63, 3.8) is 0 Å². The van der Waals surface area contributed by atoms with Crippen LogP contribution in [0.4, 0.5) is 0 Å². The second-order valence-electron chi connectivity index (χ2n) is 4.83. The number of aryl methyl sites for hydroxylation is 1. The number of furan rings is 1. The third-order valence-corrected chi connectivity index (χ3v) is 3.26. The van der Waals surface area contributed by atoms with E-state index in [-0.39, 0.29) is 6.04 Å². The van der Waals surface area contributed by atoms with Crippen LogP contribution in [0.1, 0.15) is 30.5 Å². The minimum absolute atomic E-state index is 0.181. The minimum atomic E-state index is 0.181. The number of nitrogens with zero attached hydrogens (tertiary/aromatic N) is 3. The molecule has 0 fully saturated rings. The molecule has 1 atom stereocenters. The summed E-state index contributed by atoms with van der Waals surface area (Å²) in [4.78, 5) is 2.22. The third-order valence-electron chi connectivity index (χ3n) is 3.26. The monoisotopic (exact) mass is 262 g/mol. The highest BCUT2D eigenvalue weighted by molar-refractivity contribution is 5.13. The van der Waals surface area contributed by atoms with E-state index in [0.29, 0.717) is 6.54 Å². The summed E-state index contributed by atoms with van der Waals surface area (Å²) in [5.74, 6) is 0. The van der Waals surface area contributed by atoms with Crippen molar-refractivity contribution in [2.75, 3.05) is 13.6 Å². The standard InChI is InChI=1S/C14H22N4O/c1-3-5-18-10-13(8-16-18)14(7-15)17(2)9-12-4-6-19-11-12/h4,6,8,10-11,14H,3,5,7,9,15H2,1-2H3. The molecule has 5 nitrogen and oxygen atoms in total. The first kappa shape index (κ1) is 13.8. The normalized spacial score (nSPS) is 13.1. The average Bonchev–Trinajstić information content (AvgIpc) is 3.03. The molecule has 0 aromatic carbocycles. The molecule has 0 aliphatic rings. The van der Waals surface area contributed by atoms with Crippen LogP contribution < -0.4 is 5.73 Å². The third kappa shape index (κ3) is 3.45. The van der Waals surface area contributed by atoms with Gasteiger partial charge in [-0.3, -0.25) is 9.58 Å². The fourth-order valence-corrected chi connectivity index (χ4v) is 2.25. The van der Waals surface area contributed by atoms with Crippen LogP contribution in [-0.4, -0.2) is 28.3 Å². The van der Waals surface area contributed by atoms with E-state index < -0.39 is 0 Å². The van der Waals surface area contributed by atoms with Gasteiger partial charge < -0.3 is 10.2 Å². The first-order chi connectivity index (χ1) is 9.24. The molecule has 19 heavy (non-hydrogen) atoms. The lowest BCUT2D eigenvalue weighted by molar-refractivity contribution is 0.241. The Labute approximate surface area is 114 Å². The van der Waals surface area contributed by atoms with E-state index in [4.69, 9.17) is 10.2 Å². The van der Waals surface area contributed by atoms with Crippen molar-refractivity contribution in [1.82, 2.24) is 14.7 Å². The molecule has 5 heteroatoms. The van der Waals surface area contributed by atoms with Gasteiger partial charge in [0, 0.05) is 37.0 Å². The molecule has 2 aromatic rings. The molecule has 0 bridgehead atoms. The molecule has 104 valence electrons. The van der Waals surface area contributed by atoms with Crippen LogP contribution in [0.2, 0.25) is 0 Å². The topological polar surface area (TPSA) is 60.2 Å². The van der Waals surface area contributed by atoms with E-state index in [1.165, 1.54) is 5.56 Å². The zero-order chi connectivity index (χ0) is 13.7. The van der Waals surface area contributed by atoms with Gasteiger partial charge in [0.2, 0.25) is 0 Å². The molecule has 2 heterocycles. The molecular formula is C14H22N4O. The highest BCUT2D eigenvalue weighted by Crippen LogP contribution is 2.20. The minimum Gasteiger partial charge on any atom is -0.472 e. The van der Waals surface area contributed by atoms with Crippen LogP contribution in [0.5, 0.6) is 0 Å². The molecule has 0 saturated carbocycles. The van der Waals surface area contributed by atoms with E-state index >= 15 is 0 Å². The van der Waals surface area contributed by atoms with Crippen molar-refractivity contribution in [1.29, 1.82) is 0 Å². The second kappa shape index (κ2) is 6.54. The van der Waals surface area contributed by atoms with Gasteiger partial charge in [-0.1, -0.05) is 6.92 Å². The maximum absolute atomic E-state index is 5.92. The lowest BCUT2D eigenvalue weighted by Crippen LogP contribution is -2.29. The van der Waals surface area contributed by atoms with E-state index in [1.807, 2.05) is 16.9 Å². The molecule has 0 aliphatic heterocycles. The molecule has 0 amide bonds. The predicted octanol–water partition coefficient (Wildman–Crippen LogP) is 2.02. The Morgan fingerprint density at radius 2 is 2.37 bits per heavy atom. The van der Waals surface area contributed by atoms with Crippen molar-refractivity contribution in [2.24, 2.45) is 5.73 Å². The predicted molar refractivity (Wildman–Crippen MR) is 74.5 cm³/mol. The van der Waals surface area contributed by atoms with E-state index in [9.17, 15) is 0 Å². The SMILES string of the molecule is CCCn1cc(C(CN)N(C)Cc2ccoc2)cn1. The quantitative estimate of drug-likeness (QED) is 0.829. The van der Waals surface area contributed by atoms with Gasteiger partial charge in [-0.15, -0.1) is 0 Å². The van der Waals surface area contributed by atoms with E-state index in [0.717, 1.165) is 25.1 Å². The summed E-state index contributed by atoms with van der Waals surface area (Å²) in [6.45, 7) is 4.49. The van der Waals surface area contributed by atoms with Gasteiger partial charge in [0.05, 0.1) is 24.8 Å². The molecule has 2 N–H and O–H groups in total. The maximum atomic E-state index is 5.92. The Hall–Kier alpha value is -1.59. The fraction of sp³-hybridized carbons (Fsp3) is 0.500. The van der Waals surface area contributed by atoms with Gasteiger partial charge in [-0.25, -0.2) is 0 Å². The summed E-state index contributed by atoms with van der Waals surface area (Å²) in [5, 5.41) is 4.37. The van der Waals surface area contributed by atoms with Gasteiger partial charge >= 0.3 is 0 Å². The van der Waals surface area contributed by atoms with Gasteiger partial charge in [0.1, 0.15) is 0 Å². The molecule has 0 spiro atoms. The van der Waals surface area contributed by atoms with Crippen LogP contribution in [0, 0.1) is 0 Å². The molecule has 2 aromatic heterocycles. The largest absolute Gasteiger partial charge is 0.472 e. The number of nitrogens with two attached hydrogens (primary N) is 1. The van der Waals surface area contributed by atoms with Crippen LogP contribution in [-0.2, 0) is 13.1 Å². The van der Waals surface area contributed by atoms with Crippen molar-refractivity contribution in [2.45, 2.75) is 32.5 Å². The zero-order valence-electron chi connectivity index (χ0n) is 11.6. The lowest BCUT2D eigenvalue weighted by atomic mass is 10.1. The molecule has 0 aliphatic carbocycles. The van der Waals surface area contributed by atoms with Crippen molar-refractivity contribution < 1.29 is 4.42 Å². The summed E-state index contributed by atoms with van der Waals surface area (Å²) in [5.41, 5.74) is 8.24. The molecule has 2 rings (SSSR count). The zero-order valence-corrected chi connectivity index (χ0v) is 11.6. The summed E-state index contributed by atoms with van der Waals surface area (Å²) >= 11 is 0. The number of rotatable bonds is 7. The average molecular weight is 262 g/mol. The molecule has 0 radical (unpaired) electrons. The molecular weight excluding hydrogens is 240 g/mol. The Morgan fingerprint density at radius 1 is 1.53 bits per heavy atom. The number of likely N-dealkylation sites (N-methyl/N-ethyl adjacent to an activating group) is 1. The lowest BCUT2D eigenvalue weighted by Gasteiger charge is -2.25. The smallest absolute Gasteiger partial charge is 0.0947 e. The number of hydrogen-bond donors (Lipinski definition) is 1. The van der Waals surface area contributed by atoms with Crippen LogP contribution in [0.25, 0.3) is 0 Å². The van der Waals surface area contributed by atoms with Crippen molar-refractivity contribution in [3.8, 4) is 0 Å². The van der Waals surface area contributed by atoms with E-state index in [1.54, 1.807) is 12.5 Å². The molecule has 0 saturated heterocycles. The maximum Gasteiger partial charge on any atom is 0.0947 e. The van der Waals surface area contributed by atoms with Crippen molar-refractivity contribution in [3.05, 3.63) is 42.1 Å².